The van der Waals surface area contributed by atoms with Crippen LogP contribution >= 0.6 is 0 Å². The van der Waals surface area contributed by atoms with Gasteiger partial charge in [-0.15, -0.1) is 0 Å². The van der Waals surface area contributed by atoms with Crippen LogP contribution in [0.5, 0.6) is 0 Å². The van der Waals surface area contributed by atoms with E-state index in [1.54, 1.807) is 12.1 Å². The first-order valence-corrected chi connectivity index (χ1v) is 11.4. The van der Waals surface area contributed by atoms with Crippen molar-refractivity contribution in [2.45, 2.75) is 25.9 Å². The van der Waals surface area contributed by atoms with Crippen molar-refractivity contribution in [1.82, 2.24) is 20.1 Å². The normalized spacial score (nSPS) is 27.7. The lowest BCUT2D eigenvalue weighted by Gasteiger charge is -2.43. The van der Waals surface area contributed by atoms with Crippen LogP contribution in [-0.4, -0.2) is 98.1 Å². The number of piperidine rings is 1. The smallest absolute Gasteiger partial charge is 0.247 e. The van der Waals surface area contributed by atoms with Crippen molar-refractivity contribution in [3.05, 3.63) is 30.3 Å². The van der Waals surface area contributed by atoms with Gasteiger partial charge in [0, 0.05) is 59.0 Å². The molecule has 170 valence electrons. The van der Waals surface area contributed by atoms with E-state index in [-0.39, 0.29) is 29.7 Å². The Hall–Kier alpha value is -2.00. The Labute approximate surface area is 185 Å². The van der Waals surface area contributed by atoms with Crippen LogP contribution in [0.4, 0.5) is 5.69 Å². The summed E-state index contributed by atoms with van der Waals surface area (Å²) in [6.45, 7) is 10.5. The first kappa shape index (κ1) is 22.2. The van der Waals surface area contributed by atoms with Gasteiger partial charge in [0.2, 0.25) is 11.8 Å². The summed E-state index contributed by atoms with van der Waals surface area (Å²) < 4.78 is 5.18. The van der Waals surface area contributed by atoms with Gasteiger partial charge in [0.05, 0.1) is 30.2 Å². The van der Waals surface area contributed by atoms with Crippen molar-refractivity contribution in [3.8, 4) is 0 Å². The summed E-state index contributed by atoms with van der Waals surface area (Å²) in [4.78, 5) is 33.5. The third-order valence-corrected chi connectivity index (χ3v) is 6.90. The molecule has 2 amide bonds. The standard InChI is InChI=1S/C23H35N5O3/c1-17(2)27-15-19(22(29)26-11-9-25(10-12-26)13-14-31-3)21-20(16-27)23(30)28(24-21)18-7-5-4-6-8-18/h4-8,17,19-21,24H,9-16H2,1-3H3. The molecule has 3 heterocycles. The lowest BCUT2D eigenvalue weighted by Crippen LogP contribution is -2.60. The van der Waals surface area contributed by atoms with Crippen LogP contribution in [0.15, 0.2) is 30.3 Å². The number of carbonyl (C=O) groups is 2. The number of benzene rings is 1. The number of piperazine rings is 1. The average molecular weight is 430 g/mol. The molecule has 3 aliphatic heterocycles. The third-order valence-electron chi connectivity index (χ3n) is 6.90. The van der Waals surface area contributed by atoms with Gasteiger partial charge in [-0.2, -0.15) is 0 Å². The fraction of sp³-hybridized carbons (Fsp3) is 0.652. The Morgan fingerprint density at radius 3 is 2.48 bits per heavy atom. The molecule has 4 rings (SSSR count). The number of rotatable bonds is 6. The van der Waals surface area contributed by atoms with Crippen LogP contribution in [0, 0.1) is 11.8 Å². The van der Waals surface area contributed by atoms with E-state index < -0.39 is 0 Å². The molecule has 3 aliphatic rings. The molecule has 1 aromatic rings. The van der Waals surface area contributed by atoms with E-state index in [2.05, 4.69) is 29.1 Å². The highest BCUT2D eigenvalue weighted by Crippen LogP contribution is 2.33. The van der Waals surface area contributed by atoms with Crippen molar-refractivity contribution >= 4 is 17.5 Å². The van der Waals surface area contributed by atoms with Crippen molar-refractivity contribution in [2.75, 3.05) is 64.5 Å². The predicted octanol–water partition coefficient (Wildman–Crippen LogP) is 0.653. The molecule has 0 saturated carbocycles. The minimum absolute atomic E-state index is 0.0590. The molecule has 31 heavy (non-hydrogen) atoms. The number of amides is 2. The van der Waals surface area contributed by atoms with Gasteiger partial charge >= 0.3 is 0 Å². The first-order chi connectivity index (χ1) is 15.0. The molecule has 0 bridgehead atoms. The van der Waals surface area contributed by atoms with Crippen LogP contribution in [0.25, 0.3) is 0 Å². The molecule has 1 N–H and O–H groups in total. The van der Waals surface area contributed by atoms with Gasteiger partial charge in [-0.3, -0.25) is 19.4 Å². The van der Waals surface area contributed by atoms with Crippen molar-refractivity contribution in [3.63, 3.8) is 0 Å². The molecule has 0 aromatic heterocycles. The number of hydrogen-bond acceptors (Lipinski definition) is 6. The Kier molecular flexibility index (Phi) is 6.91. The van der Waals surface area contributed by atoms with E-state index in [4.69, 9.17) is 4.74 Å². The van der Waals surface area contributed by atoms with E-state index in [0.717, 1.165) is 38.4 Å². The molecule has 0 spiro atoms. The largest absolute Gasteiger partial charge is 0.383 e. The summed E-state index contributed by atoms with van der Waals surface area (Å²) in [5.74, 6) is -0.219. The maximum absolute atomic E-state index is 13.6. The zero-order chi connectivity index (χ0) is 22.0. The number of fused-ring (bicyclic) bond motifs is 1. The van der Waals surface area contributed by atoms with Crippen molar-refractivity contribution < 1.29 is 14.3 Å². The molecule has 8 nitrogen and oxygen atoms in total. The highest BCUT2D eigenvalue weighted by molar-refractivity contribution is 5.98. The topological polar surface area (TPSA) is 68.4 Å². The van der Waals surface area contributed by atoms with Gasteiger partial charge in [-0.1, -0.05) is 18.2 Å². The van der Waals surface area contributed by atoms with E-state index in [1.165, 1.54) is 0 Å². The first-order valence-electron chi connectivity index (χ1n) is 11.4. The fourth-order valence-electron chi connectivity index (χ4n) is 4.96. The van der Waals surface area contributed by atoms with Crippen LogP contribution in [0.2, 0.25) is 0 Å². The Morgan fingerprint density at radius 1 is 1.13 bits per heavy atom. The lowest BCUT2D eigenvalue weighted by molar-refractivity contribution is -0.141. The molecule has 8 heteroatoms. The monoisotopic (exact) mass is 429 g/mol. The van der Waals surface area contributed by atoms with E-state index in [1.807, 2.05) is 35.2 Å². The zero-order valence-electron chi connectivity index (χ0n) is 18.9. The summed E-state index contributed by atoms with van der Waals surface area (Å²) in [6.07, 6.45) is 0. The van der Waals surface area contributed by atoms with Crippen LogP contribution in [0.1, 0.15) is 13.8 Å². The second-order valence-electron chi connectivity index (χ2n) is 9.08. The van der Waals surface area contributed by atoms with Crippen molar-refractivity contribution in [2.24, 2.45) is 11.8 Å². The molecule has 3 saturated heterocycles. The Bertz CT molecular complexity index is 766. The number of carbonyl (C=O) groups excluding carboxylic acids is 2. The van der Waals surface area contributed by atoms with E-state index >= 15 is 0 Å². The number of para-hydroxylation sites is 1. The second kappa shape index (κ2) is 9.65. The molecule has 3 atom stereocenters. The Balaban J connectivity index is 1.49. The van der Waals surface area contributed by atoms with Gasteiger partial charge < -0.3 is 9.64 Å². The summed E-state index contributed by atoms with van der Waals surface area (Å²) in [6, 6.07) is 9.78. The minimum atomic E-state index is -0.232. The minimum Gasteiger partial charge on any atom is -0.383 e. The predicted molar refractivity (Wildman–Crippen MR) is 119 cm³/mol. The highest BCUT2D eigenvalue weighted by Gasteiger charge is 2.52. The molecule has 0 aliphatic carbocycles. The zero-order valence-corrected chi connectivity index (χ0v) is 18.9. The quantitative estimate of drug-likeness (QED) is 0.716. The molecule has 0 radical (unpaired) electrons. The lowest BCUT2D eigenvalue weighted by atomic mass is 9.83. The maximum atomic E-state index is 13.6. The van der Waals surface area contributed by atoms with Crippen molar-refractivity contribution in [1.29, 1.82) is 0 Å². The number of methoxy groups -OCH3 is 1. The van der Waals surface area contributed by atoms with Crippen LogP contribution in [0.3, 0.4) is 0 Å². The molecule has 1 aromatic carbocycles. The second-order valence-corrected chi connectivity index (χ2v) is 9.08. The number of nitrogens with one attached hydrogen (secondary N) is 1. The van der Waals surface area contributed by atoms with Gasteiger partial charge in [0.1, 0.15) is 0 Å². The highest BCUT2D eigenvalue weighted by atomic mass is 16.5. The van der Waals surface area contributed by atoms with E-state index in [0.29, 0.717) is 25.7 Å². The molecular formula is C23H35N5O3. The SMILES string of the molecule is COCCN1CCN(C(=O)C2CN(C(C)C)CC3C(=O)N(c4ccccc4)NC23)CC1. The summed E-state index contributed by atoms with van der Waals surface area (Å²) in [5.41, 5.74) is 4.24. The maximum Gasteiger partial charge on any atom is 0.247 e. The van der Waals surface area contributed by atoms with E-state index in [9.17, 15) is 9.59 Å². The fourth-order valence-corrected chi connectivity index (χ4v) is 4.96. The van der Waals surface area contributed by atoms with Crippen LogP contribution < -0.4 is 10.4 Å². The van der Waals surface area contributed by atoms with Gasteiger partial charge in [0.15, 0.2) is 0 Å². The summed E-state index contributed by atoms with van der Waals surface area (Å²) in [5, 5.41) is 1.65. The molecular weight excluding hydrogens is 394 g/mol. The number of hydrogen-bond donors (Lipinski definition) is 1. The van der Waals surface area contributed by atoms with Gasteiger partial charge in [0.25, 0.3) is 0 Å². The number of ether oxygens (including phenoxy) is 1. The molecule has 3 fully saturated rings. The van der Waals surface area contributed by atoms with Gasteiger partial charge in [-0.05, 0) is 26.0 Å². The summed E-state index contributed by atoms with van der Waals surface area (Å²) in [7, 11) is 1.72. The third kappa shape index (κ3) is 4.62. The van der Waals surface area contributed by atoms with Crippen LogP contribution in [-0.2, 0) is 14.3 Å². The number of anilines is 1. The number of likely N-dealkylation sites (tertiary alicyclic amines) is 1. The number of nitrogens with zero attached hydrogens (tertiary/aromatic N) is 4. The average Bonchev–Trinajstić information content (AvgIpc) is 3.14. The summed E-state index contributed by atoms with van der Waals surface area (Å²) >= 11 is 0. The number of hydrazine groups is 1. The molecule has 3 unspecified atom stereocenters. The van der Waals surface area contributed by atoms with Gasteiger partial charge in [-0.25, -0.2) is 10.4 Å². The Morgan fingerprint density at radius 2 is 1.84 bits per heavy atom.